The van der Waals surface area contributed by atoms with Gasteiger partial charge in [0.2, 0.25) is 5.82 Å². The lowest BCUT2D eigenvalue weighted by atomic mass is 9.87. The molecular formula is C31H36N6O2. The maximum atomic E-state index is 12.6. The van der Waals surface area contributed by atoms with E-state index in [9.17, 15) is 4.79 Å². The van der Waals surface area contributed by atoms with Crippen molar-refractivity contribution < 1.29 is 9.53 Å². The minimum absolute atomic E-state index is 0.279. The molecule has 4 aromatic rings. The first kappa shape index (κ1) is 26.5. The number of ether oxygens (including phenoxy) is 1. The molecular weight excluding hydrogens is 488 g/mol. The second kappa shape index (κ2) is 11.8. The van der Waals surface area contributed by atoms with Crippen LogP contribution in [-0.4, -0.2) is 42.8 Å². The SMILES string of the molecule is CCOC(=O)C=C1CC(C(C)C)CCc2nc(CC)n(Cc3ccc(-c4ccccc4-c4nn[nH]n4)cc3)c21. The normalized spacial score (nSPS) is 16.3. The Morgan fingerprint density at radius 3 is 2.56 bits per heavy atom. The van der Waals surface area contributed by atoms with E-state index in [4.69, 9.17) is 9.72 Å². The fraction of sp³-hybridized carbons (Fsp3) is 0.387. The first-order chi connectivity index (χ1) is 19.0. The molecule has 8 nitrogen and oxygen atoms in total. The topological polar surface area (TPSA) is 98.6 Å². The third-order valence-corrected chi connectivity index (χ3v) is 7.61. The van der Waals surface area contributed by atoms with Crippen LogP contribution in [0.4, 0.5) is 0 Å². The van der Waals surface area contributed by atoms with Crippen LogP contribution in [0.2, 0.25) is 0 Å². The summed E-state index contributed by atoms with van der Waals surface area (Å²) in [6, 6.07) is 16.7. The van der Waals surface area contributed by atoms with Crippen LogP contribution >= 0.6 is 0 Å². The van der Waals surface area contributed by atoms with Crippen molar-refractivity contribution in [2.45, 2.75) is 59.9 Å². The first-order valence-corrected chi connectivity index (χ1v) is 13.9. The van der Waals surface area contributed by atoms with Gasteiger partial charge in [0.1, 0.15) is 5.82 Å². The summed E-state index contributed by atoms with van der Waals surface area (Å²) in [5.41, 5.74) is 7.47. The lowest BCUT2D eigenvalue weighted by Gasteiger charge is -2.20. The molecule has 0 saturated carbocycles. The van der Waals surface area contributed by atoms with E-state index in [1.807, 2.05) is 25.1 Å². The van der Waals surface area contributed by atoms with Gasteiger partial charge < -0.3 is 9.30 Å². The average Bonchev–Trinajstić information content (AvgIpc) is 3.55. The maximum absolute atomic E-state index is 12.6. The van der Waals surface area contributed by atoms with Crippen LogP contribution in [0, 0.1) is 11.8 Å². The quantitative estimate of drug-likeness (QED) is 0.175. The molecule has 1 N–H and O–H groups in total. The van der Waals surface area contributed by atoms with Gasteiger partial charge in [0.25, 0.3) is 0 Å². The molecule has 5 rings (SSSR count). The molecule has 2 aromatic heterocycles. The molecule has 0 amide bonds. The lowest BCUT2D eigenvalue weighted by Crippen LogP contribution is -2.12. The number of esters is 1. The Balaban J connectivity index is 1.50. The summed E-state index contributed by atoms with van der Waals surface area (Å²) < 4.78 is 7.63. The highest BCUT2D eigenvalue weighted by Gasteiger charge is 2.28. The van der Waals surface area contributed by atoms with Crippen molar-refractivity contribution in [3.8, 4) is 22.5 Å². The number of tetrazole rings is 1. The average molecular weight is 525 g/mol. The predicted octanol–water partition coefficient (Wildman–Crippen LogP) is 5.90. The number of hydrogen-bond donors (Lipinski definition) is 1. The monoisotopic (exact) mass is 524 g/mol. The molecule has 0 aliphatic heterocycles. The number of nitrogens with one attached hydrogen (secondary N) is 1. The summed E-state index contributed by atoms with van der Waals surface area (Å²) in [6.07, 6.45) is 5.37. The molecule has 8 heteroatoms. The second-order valence-electron chi connectivity index (χ2n) is 10.4. The zero-order chi connectivity index (χ0) is 27.4. The van der Waals surface area contributed by atoms with E-state index in [2.05, 4.69) is 76.3 Å². The molecule has 2 aromatic carbocycles. The number of aromatic nitrogens is 6. The molecule has 1 unspecified atom stereocenters. The highest BCUT2D eigenvalue weighted by atomic mass is 16.5. The minimum Gasteiger partial charge on any atom is -0.463 e. The van der Waals surface area contributed by atoms with E-state index in [1.54, 1.807) is 6.08 Å². The molecule has 0 fully saturated rings. The van der Waals surface area contributed by atoms with E-state index in [0.717, 1.165) is 65.2 Å². The van der Waals surface area contributed by atoms with Crippen molar-refractivity contribution in [1.29, 1.82) is 0 Å². The van der Waals surface area contributed by atoms with Gasteiger partial charge in [0.05, 0.1) is 18.0 Å². The number of allylic oxidation sites excluding steroid dienone is 1. The number of aromatic amines is 1. The van der Waals surface area contributed by atoms with Crippen molar-refractivity contribution in [3.05, 3.63) is 77.4 Å². The molecule has 1 aliphatic rings. The summed E-state index contributed by atoms with van der Waals surface area (Å²) in [6.45, 7) is 9.56. The molecule has 2 heterocycles. The van der Waals surface area contributed by atoms with Gasteiger partial charge in [0.15, 0.2) is 0 Å². The third kappa shape index (κ3) is 5.70. The van der Waals surface area contributed by atoms with Crippen LogP contribution in [0.5, 0.6) is 0 Å². The minimum atomic E-state index is -0.279. The van der Waals surface area contributed by atoms with Crippen LogP contribution in [0.25, 0.3) is 28.1 Å². The van der Waals surface area contributed by atoms with Crippen LogP contribution in [0.15, 0.2) is 54.6 Å². The standard InChI is InChI=1S/C31H36N6O2/c1-5-28-32-27-16-15-23(20(3)4)17-24(18-29(38)39-6-2)30(27)37(28)19-21-11-13-22(14-12-21)25-9-7-8-10-26(25)31-33-35-36-34-31/h7-14,18,20,23H,5-6,15-17,19H2,1-4H3,(H,33,34,35,36). The van der Waals surface area contributed by atoms with E-state index >= 15 is 0 Å². The number of rotatable bonds is 8. The number of fused-ring (bicyclic) bond motifs is 1. The number of imidazole rings is 1. The van der Waals surface area contributed by atoms with Crippen molar-refractivity contribution in [3.63, 3.8) is 0 Å². The van der Waals surface area contributed by atoms with Crippen molar-refractivity contribution in [2.75, 3.05) is 6.61 Å². The van der Waals surface area contributed by atoms with E-state index in [-0.39, 0.29) is 5.97 Å². The van der Waals surface area contributed by atoms with Gasteiger partial charge in [-0.3, -0.25) is 0 Å². The highest BCUT2D eigenvalue weighted by molar-refractivity contribution is 5.91. The molecule has 202 valence electrons. The van der Waals surface area contributed by atoms with Gasteiger partial charge in [0, 0.05) is 24.6 Å². The Bertz CT molecular complexity index is 1450. The first-order valence-electron chi connectivity index (χ1n) is 13.9. The Labute approximate surface area is 229 Å². The van der Waals surface area contributed by atoms with Crippen molar-refractivity contribution in [1.82, 2.24) is 30.2 Å². The number of nitrogens with zero attached hydrogens (tertiary/aromatic N) is 5. The third-order valence-electron chi connectivity index (χ3n) is 7.61. The van der Waals surface area contributed by atoms with Gasteiger partial charge in [-0.15, -0.1) is 10.2 Å². The number of carbonyl (C=O) groups is 1. The summed E-state index contributed by atoms with van der Waals surface area (Å²) >= 11 is 0. The molecule has 39 heavy (non-hydrogen) atoms. The van der Waals surface area contributed by atoms with E-state index in [1.165, 1.54) is 5.56 Å². The summed E-state index contributed by atoms with van der Waals surface area (Å²) in [7, 11) is 0. The molecule has 0 spiro atoms. The van der Waals surface area contributed by atoms with Gasteiger partial charge in [-0.2, -0.15) is 5.21 Å². The zero-order valence-corrected chi connectivity index (χ0v) is 23.1. The number of H-pyrrole nitrogens is 1. The van der Waals surface area contributed by atoms with Gasteiger partial charge >= 0.3 is 5.97 Å². The van der Waals surface area contributed by atoms with Crippen LogP contribution in [0.3, 0.4) is 0 Å². The van der Waals surface area contributed by atoms with Gasteiger partial charge in [-0.1, -0.05) is 69.3 Å². The summed E-state index contributed by atoms with van der Waals surface area (Å²) in [5.74, 6) is 2.37. The fourth-order valence-electron chi connectivity index (χ4n) is 5.53. The second-order valence-corrected chi connectivity index (χ2v) is 10.4. The predicted molar refractivity (Wildman–Crippen MR) is 152 cm³/mol. The van der Waals surface area contributed by atoms with Crippen molar-refractivity contribution in [2.24, 2.45) is 11.8 Å². The van der Waals surface area contributed by atoms with Crippen LogP contribution in [0.1, 0.15) is 63.3 Å². The van der Waals surface area contributed by atoms with E-state index < -0.39 is 0 Å². The number of aryl methyl sites for hydroxylation is 2. The summed E-state index contributed by atoms with van der Waals surface area (Å²) in [5, 5.41) is 14.6. The molecule has 0 saturated heterocycles. The smallest absolute Gasteiger partial charge is 0.331 e. The Hall–Kier alpha value is -4.07. The lowest BCUT2D eigenvalue weighted by molar-refractivity contribution is -0.137. The van der Waals surface area contributed by atoms with Crippen LogP contribution in [-0.2, 0) is 28.9 Å². The van der Waals surface area contributed by atoms with Gasteiger partial charge in [-0.05, 0) is 65.5 Å². The number of carbonyl (C=O) groups excluding carboxylic acids is 1. The Morgan fingerprint density at radius 1 is 1.13 bits per heavy atom. The number of benzene rings is 2. The molecule has 0 bridgehead atoms. The van der Waals surface area contributed by atoms with E-state index in [0.29, 0.717) is 30.8 Å². The zero-order valence-electron chi connectivity index (χ0n) is 23.1. The molecule has 1 atom stereocenters. The van der Waals surface area contributed by atoms with Crippen molar-refractivity contribution >= 4 is 11.5 Å². The fourth-order valence-corrected chi connectivity index (χ4v) is 5.53. The maximum Gasteiger partial charge on any atom is 0.331 e. The highest BCUT2D eigenvalue weighted by Crippen LogP contribution is 2.37. The summed E-state index contributed by atoms with van der Waals surface area (Å²) in [4.78, 5) is 17.7. The molecule has 1 aliphatic carbocycles. The molecule has 0 radical (unpaired) electrons. The largest absolute Gasteiger partial charge is 0.463 e. The Kier molecular flexibility index (Phi) is 8.00. The van der Waals surface area contributed by atoms with Crippen LogP contribution < -0.4 is 0 Å². The Morgan fingerprint density at radius 2 is 1.90 bits per heavy atom. The number of hydrogen-bond acceptors (Lipinski definition) is 6. The van der Waals surface area contributed by atoms with Gasteiger partial charge in [-0.25, -0.2) is 9.78 Å².